The fourth-order valence-electron chi connectivity index (χ4n) is 2.08. The zero-order valence-corrected chi connectivity index (χ0v) is 10.0. The van der Waals surface area contributed by atoms with Crippen LogP contribution < -0.4 is 0 Å². The molecule has 0 aromatic heterocycles. The maximum atomic E-state index is 12.2. The third kappa shape index (κ3) is 2.20. The first-order valence-electron chi connectivity index (χ1n) is 5.43. The lowest BCUT2D eigenvalue weighted by Gasteiger charge is -2.33. The second-order valence-electron chi connectivity index (χ2n) is 4.45. The minimum absolute atomic E-state index is 0.0336. The van der Waals surface area contributed by atoms with Gasteiger partial charge in [0, 0.05) is 13.0 Å². The number of rotatable bonds is 4. The van der Waals surface area contributed by atoms with Gasteiger partial charge in [0.1, 0.15) is 0 Å². The summed E-state index contributed by atoms with van der Waals surface area (Å²) in [5.41, 5.74) is 0.604. The van der Waals surface area contributed by atoms with E-state index in [1.54, 1.807) is 7.11 Å². The van der Waals surface area contributed by atoms with Crippen molar-refractivity contribution >= 4 is 5.78 Å². The van der Waals surface area contributed by atoms with Gasteiger partial charge in [-0.25, -0.2) is 0 Å². The summed E-state index contributed by atoms with van der Waals surface area (Å²) >= 11 is 0. The van der Waals surface area contributed by atoms with Gasteiger partial charge in [-0.2, -0.15) is 0 Å². The molecule has 0 aliphatic heterocycles. The summed E-state index contributed by atoms with van der Waals surface area (Å²) in [7, 11) is 1.64. The summed E-state index contributed by atoms with van der Waals surface area (Å²) in [5.74, 6) is 0.278. The number of ketones is 1. The van der Waals surface area contributed by atoms with Crippen LogP contribution in [0.15, 0.2) is 23.8 Å². The van der Waals surface area contributed by atoms with Gasteiger partial charge in [-0.3, -0.25) is 4.79 Å². The quantitative estimate of drug-likeness (QED) is 0.664. The molecule has 1 aliphatic carbocycles. The Morgan fingerprint density at radius 2 is 2.27 bits per heavy atom. The third-order valence-corrected chi connectivity index (χ3v) is 3.00. The molecule has 0 spiro atoms. The van der Waals surface area contributed by atoms with Gasteiger partial charge >= 0.3 is 0 Å². The highest BCUT2D eigenvalue weighted by Gasteiger charge is 2.39. The SMILES string of the molecule is COCC1(C(=O)C(C)C)C=CCC=C1C. The molecule has 2 nitrogen and oxygen atoms in total. The molecule has 0 fully saturated rings. The average molecular weight is 208 g/mol. The van der Waals surface area contributed by atoms with Crippen LogP contribution in [0.2, 0.25) is 0 Å². The Hall–Kier alpha value is -0.890. The van der Waals surface area contributed by atoms with Gasteiger partial charge < -0.3 is 4.74 Å². The Kier molecular flexibility index (Phi) is 3.86. The number of carbonyl (C=O) groups is 1. The molecule has 0 aromatic rings. The van der Waals surface area contributed by atoms with E-state index in [1.165, 1.54) is 0 Å². The predicted molar refractivity (Wildman–Crippen MR) is 61.7 cm³/mol. The van der Waals surface area contributed by atoms with Crippen molar-refractivity contribution in [3.05, 3.63) is 23.8 Å². The molecule has 0 N–H and O–H groups in total. The first-order chi connectivity index (χ1) is 7.04. The third-order valence-electron chi connectivity index (χ3n) is 3.00. The number of hydrogen-bond donors (Lipinski definition) is 0. The van der Waals surface area contributed by atoms with Gasteiger partial charge in [-0.05, 0) is 13.3 Å². The Morgan fingerprint density at radius 1 is 1.60 bits per heavy atom. The van der Waals surface area contributed by atoms with Crippen molar-refractivity contribution in [2.45, 2.75) is 27.2 Å². The summed E-state index contributed by atoms with van der Waals surface area (Å²) in [5, 5.41) is 0. The van der Waals surface area contributed by atoms with E-state index in [1.807, 2.05) is 32.9 Å². The summed E-state index contributed by atoms with van der Waals surface area (Å²) < 4.78 is 5.21. The zero-order chi connectivity index (χ0) is 11.5. The Labute approximate surface area is 92.0 Å². The molecule has 0 aromatic carbocycles. The van der Waals surface area contributed by atoms with E-state index in [-0.39, 0.29) is 11.7 Å². The van der Waals surface area contributed by atoms with Gasteiger partial charge in [-0.1, -0.05) is 37.6 Å². The molecule has 1 unspecified atom stereocenters. The van der Waals surface area contributed by atoms with Crippen LogP contribution in [-0.2, 0) is 9.53 Å². The molecule has 15 heavy (non-hydrogen) atoms. The fourth-order valence-corrected chi connectivity index (χ4v) is 2.08. The van der Waals surface area contributed by atoms with Gasteiger partial charge in [0.25, 0.3) is 0 Å². The van der Waals surface area contributed by atoms with Crippen LogP contribution >= 0.6 is 0 Å². The molecule has 0 heterocycles. The lowest BCUT2D eigenvalue weighted by molar-refractivity contribution is -0.130. The highest BCUT2D eigenvalue weighted by molar-refractivity contribution is 5.91. The first kappa shape index (κ1) is 12.2. The van der Waals surface area contributed by atoms with Crippen molar-refractivity contribution in [1.29, 1.82) is 0 Å². The number of allylic oxidation sites excluding steroid dienone is 2. The summed E-state index contributed by atoms with van der Waals surface area (Å²) in [6.45, 7) is 6.34. The molecular formula is C13H20O2. The molecule has 0 amide bonds. The fraction of sp³-hybridized carbons (Fsp3) is 0.615. The van der Waals surface area contributed by atoms with E-state index in [2.05, 4.69) is 6.08 Å². The predicted octanol–water partition coefficient (Wildman–Crippen LogP) is 2.75. The summed E-state index contributed by atoms with van der Waals surface area (Å²) in [6, 6.07) is 0. The van der Waals surface area contributed by atoms with Gasteiger partial charge in [0.15, 0.2) is 5.78 Å². The monoisotopic (exact) mass is 208 g/mol. The number of Topliss-reactive ketones (excluding diaryl/α,β-unsaturated/α-hetero) is 1. The van der Waals surface area contributed by atoms with E-state index in [0.29, 0.717) is 6.61 Å². The van der Waals surface area contributed by atoms with Crippen molar-refractivity contribution in [2.75, 3.05) is 13.7 Å². The lowest BCUT2D eigenvalue weighted by Crippen LogP contribution is -2.38. The zero-order valence-electron chi connectivity index (χ0n) is 10.0. The van der Waals surface area contributed by atoms with E-state index >= 15 is 0 Å². The minimum Gasteiger partial charge on any atom is -0.383 e. The van der Waals surface area contributed by atoms with Crippen LogP contribution in [-0.4, -0.2) is 19.5 Å². The molecule has 1 rings (SSSR count). The molecule has 0 bridgehead atoms. The summed E-state index contributed by atoms with van der Waals surface area (Å²) in [4.78, 5) is 12.2. The Morgan fingerprint density at radius 3 is 2.73 bits per heavy atom. The van der Waals surface area contributed by atoms with Crippen molar-refractivity contribution in [2.24, 2.45) is 11.3 Å². The van der Waals surface area contributed by atoms with Crippen LogP contribution in [0.4, 0.5) is 0 Å². The normalized spacial score (nSPS) is 25.5. The second kappa shape index (κ2) is 4.75. The number of carbonyl (C=O) groups excluding carboxylic acids is 1. The topological polar surface area (TPSA) is 26.3 Å². The van der Waals surface area contributed by atoms with Crippen LogP contribution in [0.5, 0.6) is 0 Å². The first-order valence-corrected chi connectivity index (χ1v) is 5.43. The maximum Gasteiger partial charge on any atom is 0.151 e. The molecule has 84 valence electrons. The van der Waals surface area contributed by atoms with Crippen molar-refractivity contribution in [3.8, 4) is 0 Å². The summed E-state index contributed by atoms with van der Waals surface area (Å²) in [6.07, 6.45) is 7.09. The lowest BCUT2D eigenvalue weighted by atomic mass is 9.71. The van der Waals surface area contributed by atoms with Crippen molar-refractivity contribution in [3.63, 3.8) is 0 Å². The van der Waals surface area contributed by atoms with Gasteiger partial charge in [0.2, 0.25) is 0 Å². The van der Waals surface area contributed by atoms with E-state index in [9.17, 15) is 4.79 Å². The minimum atomic E-state index is -0.513. The standard InChI is InChI=1S/C13H20O2/c1-10(2)12(14)13(9-15-4)8-6-5-7-11(13)3/h6-8,10H,5,9H2,1-4H3. The molecule has 0 radical (unpaired) electrons. The smallest absolute Gasteiger partial charge is 0.151 e. The van der Waals surface area contributed by atoms with Gasteiger partial charge in [-0.15, -0.1) is 0 Å². The second-order valence-corrected chi connectivity index (χ2v) is 4.45. The van der Waals surface area contributed by atoms with Crippen molar-refractivity contribution < 1.29 is 9.53 Å². The van der Waals surface area contributed by atoms with Gasteiger partial charge in [0.05, 0.1) is 12.0 Å². The molecule has 0 saturated carbocycles. The number of methoxy groups -OCH3 is 1. The maximum absolute atomic E-state index is 12.2. The van der Waals surface area contributed by atoms with Crippen LogP contribution in [0, 0.1) is 11.3 Å². The Balaban J connectivity index is 3.07. The van der Waals surface area contributed by atoms with E-state index in [0.717, 1.165) is 12.0 Å². The van der Waals surface area contributed by atoms with E-state index < -0.39 is 5.41 Å². The molecule has 2 heteroatoms. The Bertz CT molecular complexity index is 300. The molecule has 0 saturated heterocycles. The highest BCUT2D eigenvalue weighted by atomic mass is 16.5. The van der Waals surface area contributed by atoms with Crippen LogP contribution in [0.3, 0.4) is 0 Å². The average Bonchev–Trinajstić information content (AvgIpc) is 2.20. The molecule has 1 aliphatic rings. The van der Waals surface area contributed by atoms with Crippen molar-refractivity contribution in [1.82, 2.24) is 0 Å². The van der Waals surface area contributed by atoms with Crippen LogP contribution in [0.25, 0.3) is 0 Å². The largest absolute Gasteiger partial charge is 0.383 e. The molecule has 1 atom stereocenters. The number of ether oxygens (including phenoxy) is 1. The van der Waals surface area contributed by atoms with Crippen LogP contribution in [0.1, 0.15) is 27.2 Å². The number of hydrogen-bond acceptors (Lipinski definition) is 2. The molecular weight excluding hydrogens is 188 g/mol. The van der Waals surface area contributed by atoms with E-state index in [4.69, 9.17) is 4.74 Å². The highest BCUT2D eigenvalue weighted by Crippen LogP contribution is 2.36.